The number of rotatable bonds is 6. The number of halogens is 3. The predicted octanol–water partition coefficient (Wildman–Crippen LogP) is 5.37. The standard InChI is InChI=1S/C28H30F3N7O4/c1-17-4-8-24(42-3)23(14-17)35-26(40)34-20-6-9-25(32-16-20)37-10-12-38(13-11-37)27(41)36-22-7-5-19(33-18(2)39)15-21(22)28(29,30)31/h4-9,14-16H,10-13H2,1-3H3,(H,33,39)(H,36,41)(H2,34,35,40). The lowest BCUT2D eigenvalue weighted by Crippen LogP contribution is -2.50. The van der Waals surface area contributed by atoms with Gasteiger partial charge in [-0.1, -0.05) is 6.07 Å². The largest absolute Gasteiger partial charge is 0.495 e. The summed E-state index contributed by atoms with van der Waals surface area (Å²) in [6, 6.07) is 10.9. The van der Waals surface area contributed by atoms with Gasteiger partial charge in [0.25, 0.3) is 0 Å². The van der Waals surface area contributed by atoms with E-state index in [2.05, 4.69) is 26.3 Å². The van der Waals surface area contributed by atoms with Gasteiger partial charge in [0.2, 0.25) is 5.91 Å². The highest BCUT2D eigenvalue weighted by Gasteiger charge is 2.35. The Balaban J connectivity index is 1.32. The molecule has 1 aromatic heterocycles. The summed E-state index contributed by atoms with van der Waals surface area (Å²) in [4.78, 5) is 44.2. The van der Waals surface area contributed by atoms with Crippen molar-refractivity contribution in [2.45, 2.75) is 20.0 Å². The van der Waals surface area contributed by atoms with Gasteiger partial charge >= 0.3 is 18.2 Å². The van der Waals surface area contributed by atoms with Crippen molar-refractivity contribution in [2.75, 3.05) is 59.5 Å². The quantitative estimate of drug-likeness (QED) is 0.308. The van der Waals surface area contributed by atoms with Crippen LogP contribution in [0.1, 0.15) is 18.1 Å². The SMILES string of the molecule is COc1ccc(C)cc1NC(=O)Nc1ccc(N2CCN(C(=O)Nc3ccc(NC(C)=O)cc3C(F)(F)F)CC2)nc1. The number of piperazine rings is 1. The van der Waals surface area contributed by atoms with Crippen molar-refractivity contribution >= 4 is 46.5 Å². The van der Waals surface area contributed by atoms with Crippen molar-refractivity contribution in [1.82, 2.24) is 9.88 Å². The molecule has 0 atom stereocenters. The molecule has 0 unspecified atom stereocenters. The molecule has 0 spiro atoms. The van der Waals surface area contributed by atoms with E-state index in [1.807, 2.05) is 17.9 Å². The Morgan fingerprint density at radius 2 is 1.57 bits per heavy atom. The first kappa shape index (κ1) is 30.0. The molecule has 1 aliphatic rings. The molecule has 11 nitrogen and oxygen atoms in total. The van der Waals surface area contributed by atoms with E-state index < -0.39 is 35.4 Å². The number of urea groups is 2. The number of hydrogen-bond donors (Lipinski definition) is 4. The first-order valence-electron chi connectivity index (χ1n) is 12.9. The molecular weight excluding hydrogens is 555 g/mol. The van der Waals surface area contributed by atoms with Crippen LogP contribution in [0.25, 0.3) is 0 Å². The number of alkyl halides is 3. The van der Waals surface area contributed by atoms with Gasteiger partial charge in [-0.3, -0.25) is 4.79 Å². The summed E-state index contributed by atoms with van der Waals surface area (Å²) in [6.07, 6.45) is -3.23. The van der Waals surface area contributed by atoms with Gasteiger partial charge in [0.15, 0.2) is 0 Å². The van der Waals surface area contributed by atoms with Crippen molar-refractivity contribution in [2.24, 2.45) is 0 Å². The first-order chi connectivity index (χ1) is 19.9. The van der Waals surface area contributed by atoms with Crippen molar-refractivity contribution in [1.29, 1.82) is 0 Å². The fourth-order valence-corrected chi connectivity index (χ4v) is 4.35. The summed E-state index contributed by atoms with van der Waals surface area (Å²) in [5.74, 6) is 0.634. The van der Waals surface area contributed by atoms with Crippen molar-refractivity contribution in [3.05, 3.63) is 65.9 Å². The number of benzene rings is 2. The van der Waals surface area contributed by atoms with Crippen molar-refractivity contribution in [3.63, 3.8) is 0 Å². The summed E-state index contributed by atoms with van der Waals surface area (Å²) in [7, 11) is 1.52. The summed E-state index contributed by atoms with van der Waals surface area (Å²) in [5.41, 5.74) is 0.452. The van der Waals surface area contributed by atoms with Gasteiger partial charge in [-0.2, -0.15) is 13.2 Å². The molecule has 0 bridgehead atoms. The Morgan fingerprint density at radius 3 is 2.19 bits per heavy atom. The Labute approximate surface area is 240 Å². The maximum Gasteiger partial charge on any atom is 0.418 e. The van der Waals surface area contributed by atoms with Gasteiger partial charge in [0, 0.05) is 38.8 Å². The van der Waals surface area contributed by atoms with E-state index in [-0.39, 0.29) is 18.8 Å². The van der Waals surface area contributed by atoms with Crippen LogP contribution in [0.4, 0.5) is 51.3 Å². The van der Waals surface area contributed by atoms with Crippen LogP contribution in [-0.4, -0.2) is 61.1 Å². The van der Waals surface area contributed by atoms with E-state index in [0.717, 1.165) is 17.7 Å². The number of methoxy groups -OCH3 is 1. The number of nitrogens with one attached hydrogen (secondary N) is 4. The summed E-state index contributed by atoms with van der Waals surface area (Å²) < 4.78 is 46.1. The van der Waals surface area contributed by atoms with E-state index in [4.69, 9.17) is 4.74 Å². The number of ether oxygens (including phenoxy) is 1. The topological polar surface area (TPSA) is 128 Å². The van der Waals surface area contributed by atoms with Crippen LogP contribution in [0.3, 0.4) is 0 Å². The predicted molar refractivity (Wildman–Crippen MR) is 153 cm³/mol. The van der Waals surface area contributed by atoms with E-state index in [9.17, 15) is 27.6 Å². The van der Waals surface area contributed by atoms with Gasteiger partial charge in [0.05, 0.1) is 35.9 Å². The molecule has 4 N–H and O–H groups in total. The number of aryl methyl sites for hydroxylation is 1. The number of nitrogens with zero attached hydrogens (tertiary/aromatic N) is 3. The second-order valence-corrected chi connectivity index (χ2v) is 9.53. The minimum Gasteiger partial charge on any atom is -0.495 e. The Kier molecular flexibility index (Phi) is 9.03. The smallest absolute Gasteiger partial charge is 0.418 e. The molecule has 1 aliphatic heterocycles. The van der Waals surface area contributed by atoms with Crippen LogP contribution in [0.15, 0.2) is 54.7 Å². The number of carbonyl (C=O) groups excluding carboxylic acids is 3. The highest BCUT2D eigenvalue weighted by molar-refractivity contribution is 6.00. The normalized spacial score (nSPS) is 13.3. The van der Waals surface area contributed by atoms with E-state index in [0.29, 0.717) is 36.0 Å². The summed E-state index contributed by atoms with van der Waals surface area (Å²) >= 11 is 0. The Bertz CT molecular complexity index is 1460. The number of anilines is 5. The molecule has 0 saturated carbocycles. The highest BCUT2D eigenvalue weighted by Crippen LogP contribution is 2.37. The van der Waals surface area contributed by atoms with E-state index >= 15 is 0 Å². The third-order valence-corrected chi connectivity index (χ3v) is 6.39. The maximum absolute atomic E-state index is 13.6. The van der Waals surface area contributed by atoms with Gasteiger partial charge in [0.1, 0.15) is 11.6 Å². The average molecular weight is 586 g/mol. The highest BCUT2D eigenvalue weighted by atomic mass is 19.4. The zero-order chi connectivity index (χ0) is 30.4. The van der Waals surface area contributed by atoms with Gasteiger partial charge < -0.3 is 35.8 Å². The van der Waals surface area contributed by atoms with Gasteiger partial charge in [-0.05, 0) is 55.0 Å². The fraction of sp³-hybridized carbons (Fsp3) is 0.286. The zero-order valence-electron chi connectivity index (χ0n) is 23.1. The van der Waals surface area contributed by atoms with E-state index in [1.54, 1.807) is 24.3 Å². The fourth-order valence-electron chi connectivity index (χ4n) is 4.35. The monoisotopic (exact) mass is 585 g/mol. The minimum absolute atomic E-state index is 0.0257. The van der Waals surface area contributed by atoms with Crippen LogP contribution >= 0.6 is 0 Å². The Morgan fingerprint density at radius 1 is 0.857 bits per heavy atom. The molecule has 3 aromatic rings. The third-order valence-electron chi connectivity index (χ3n) is 6.39. The van der Waals surface area contributed by atoms with Crippen LogP contribution < -0.4 is 30.9 Å². The number of amides is 5. The van der Waals surface area contributed by atoms with Gasteiger partial charge in [-0.25, -0.2) is 14.6 Å². The maximum atomic E-state index is 13.6. The van der Waals surface area contributed by atoms with Crippen molar-refractivity contribution in [3.8, 4) is 5.75 Å². The van der Waals surface area contributed by atoms with Crippen LogP contribution in [0.5, 0.6) is 5.75 Å². The zero-order valence-corrected chi connectivity index (χ0v) is 23.1. The molecule has 5 amide bonds. The molecule has 222 valence electrons. The lowest BCUT2D eigenvalue weighted by atomic mass is 10.1. The minimum atomic E-state index is -4.74. The first-order valence-corrected chi connectivity index (χ1v) is 12.9. The van der Waals surface area contributed by atoms with Crippen molar-refractivity contribution < 1.29 is 32.3 Å². The van der Waals surface area contributed by atoms with Gasteiger partial charge in [-0.15, -0.1) is 0 Å². The molecule has 1 saturated heterocycles. The molecule has 2 aromatic carbocycles. The van der Waals surface area contributed by atoms with Crippen LogP contribution in [-0.2, 0) is 11.0 Å². The molecule has 1 fully saturated rings. The summed E-state index contributed by atoms with van der Waals surface area (Å²) in [6.45, 7) is 4.38. The number of hydrogen-bond acceptors (Lipinski definition) is 6. The molecule has 0 aliphatic carbocycles. The molecule has 2 heterocycles. The molecule has 0 radical (unpaired) electrons. The molecule has 4 rings (SSSR count). The lowest BCUT2D eigenvalue weighted by molar-refractivity contribution is -0.137. The van der Waals surface area contributed by atoms with Crippen LogP contribution in [0, 0.1) is 6.92 Å². The average Bonchev–Trinajstić information content (AvgIpc) is 2.93. The third kappa shape index (κ3) is 7.59. The van der Waals surface area contributed by atoms with Crippen LogP contribution in [0.2, 0.25) is 0 Å². The summed E-state index contributed by atoms with van der Waals surface area (Å²) in [5, 5.41) is 10.1. The number of pyridine rings is 1. The second-order valence-electron chi connectivity index (χ2n) is 9.53. The molecule has 42 heavy (non-hydrogen) atoms. The lowest BCUT2D eigenvalue weighted by Gasteiger charge is -2.35. The number of carbonyl (C=O) groups is 3. The molecular formula is C28H30F3N7O4. The molecule has 14 heteroatoms. The Hall–Kier alpha value is -5.01. The van der Waals surface area contributed by atoms with E-state index in [1.165, 1.54) is 31.2 Å². The number of aromatic nitrogens is 1. The second kappa shape index (κ2) is 12.7.